The van der Waals surface area contributed by atoms with E-state index in [9.17, 15) is 13.5 Å². The fourth-order valence-electron chi connectivity index (χ4n) is 1.66. The van der Waals surface area contributed by atoms with Crippen LogP contribution in [0.5, 0.6) is 5.75 Å². The Hall–Kier alpha value is -2.06. The first-order chi connectivity index (χ1) is 8.84. The first kappa shape index (κ1) is 13.4. The van der Waals surface area contributed by atoms with Gasteiger partial charge in [-0.1, -0.05) is 6.92 Å². The minimum Gasteiger partial charge on any atom is -0.503 e. The zero-order valence-electron chi connectivity index (χ0n) is 10.1. The summed E-state index contributed by atoms with van der Waals surface area (Å²) < 4.78 is 32.0. The predicted molar refractivity (Wildman–Crippen MR) is 68.8 cm³/mol. The van der Waals surface area contributed by atoms with E-state index in [0.29, 0.717) is 17.8 Å². The Labute approximate surface area is 110 Å². The van der Waals surface area contributed by atoms with Crippen molar-refractivity contribution >= 4 is 15.9 Å². The summed E-state index contributed by atoms with van der Waals surface area (Å²) in [5, 5.41) is 13.8. The first-order valence-electron chi connectivity index (χ1n) is 5.49. The molecule has 0 radical (unpaired) electrons. The molecule has 0 amide bonds. The summed E-state index contributed by atoms with van der Waals surface area (Å²) in [7, 11) is -4.23. The Morgan fingerprint density at radius 3 is 2.32 bits per heavy atom. The highest BCUT2D eigenvalue weighted by molar-refractivity contribution is 7.85. The van der Waals surface area contributed by atoms with Gasteiger partial charge in [0.15, 0.2) is 11.6 Å². The van der Waals surface area contributed by atoms with E-state index in [1.54, 1.807) is 0 Å². The van der Waals surface area contributed by atoms with E-state index < -0.39 is 10.1 Å². The highest BCUT2D eigenvalue weighted by atomic mass is 32.2. The lowest BCUT2D eigenvalue weighted by molar-refractivity contribution is 0.471. The molecule has 2 aromatic rings. The topological polar surface area (TPSA) is 118 Å². The molecule has 0 atom stereocenters. The van der Waals surface area contributed by atoms with Gasteiger partial charge in [0.1, 0.15) is 5.69 Å². The molecule has 0 aliphatic rings. The molecule has 1 aromatic heterocycles. The van der Waals surface area contributed by atoms with Gasteiger partial charge in [-0.05, 0) is 30.7 Å². The average Bonchev–Trinajstić information content (AvgIpc) is 2.65. The Kier molecular flexibility index (Phi) is 3.21. The van der Waals surface area contributed by atoms with Gasteiger partial charge in [0.05, 0.1) is 10.6 Å². The van der Waals surface area contributed by atoms with Crippen molar-refractivity contribution in [2.45, 2.75) is 18.2 Å². The van der Waals surface area contributed by atoms with Crippen LogP contribution in [-0.2, 0) is 16.5 Å². The van der Waals surface area contributed by atoms with Gasteiger partial charge in [-0.3, -0.25) is 4.55 Å². The number of aromatic nitrogens is 2. The Bertz CT molecular complexity index is 704. The van der Waals surface area contributed by atoms with E-state index in [2.05, 4.69) is 5.10 Å². The number of nitrogens with two attached hydrogens (primary N) is 1. The molecule has 0 bridgehead atoms. The third-order valence-electron chi connectivity index (χ3n) is 2.68. The Morgan fingerprint density at radius 1 is 1.32 bits per heavy atom. The molecule has 102 valence electrons. The van der Waals surface area contributed by atoms with Crippen molar-refractivity contribution in [1.29, 1.82) is 0 Å². The maximum atomic E-state index is 10.9. The Balaban J connectivity index is 2.49. The molecule has 0 aliphatic heterocycles. The highest BCUT2D eigenvalue weighted by Crippen LogP contribution is 2.27. The molecule has 0 fully saturated rings. The molecule has 1 aromatic carbocycles. The van der Waals surface area contributed by atoms with Crippen LogP contribution >= 0.6 is 0 Å². The van der Waals surface area contributed by atoms with Gasteiger partial charge in [0.25, 0.3) is 10.1 Å². The molecule has 2 rings (SSSR count). The maximum Gasteiger partial charge on any atom is 0.294 e. The van der Waals surface area contributed by atoms with Crippen molar-refractivity contribution in [3.05, 3.63) is 30.0 Å². The highest BCUT2D eigenvalue weighted by Gasteiger charge is 2.15. The maximum absolute atomic E-state index is 10.9. The lowest BCUT2D eigenvalue weighted by Gasteiger charge is -2.04. The van der Waals surface area contributed by atoms with Crippen LogP contribution in [-0.4, -0.2) is 27.9 Å². The van der Waals surface area contributed by atoms with Gasteiger partial charge in [-0.25, -0.2) is 4.68 Å². The van der Waals surface area contributed by atoms with Gasteiger partial charge in [0.2, 0.25) is 0 Å². The molecule has 4 N–H and O–H groups in total. The number of nitrogens with zero attached hydrogens (tertiary/aromatic N) is 2. The second kappa shape index (κ2) is 4.56. The fourth-order valence-corrected chi connectivity index (χ4v) is 2.14. The van der Waals surface area contributed by atoms with Crippen LogP contribution in [0.25, 0.3) is 5.69 Å². The number of nitrogen functional groups attached to an aromatic ring is 1. The first-order valence-corrected chi connectivity index (χ1v) is 6.93. The number of benzene rings is 1. The molecular weight excluding hydrogens is 270 g/mol. The van der Waals surface area contributed by atoms with Gasteiger partial charge in [-0.15, -0.1) is 0 Å². The molecule has 19 heavy (non-hydrogen) atoms. The standard InChI is InChI=1S/C11H13N3O4S/c1-2-9-10(15)11(12)14(13-9)7-3-5-8(6-4-7)19(16,17)18/h3-6,15H,2,12H2,1H3,(H,16,17,18). The number of aromatic hydroxyl groups is 1. The van der Waals surface area contributed by atoms with Crippen molar-refractivity contribution in [3.8, 4) is 11.4 Å². The molecule has 8 heteroatoms. The van der Waals surface area contributed by atoms with E-state index in [4.69, 9.17) is 10.3 Å². The molecule has 0 saturated carbocycles. The molecule has 7 nitrogen and oxygen atoms in total. The smallest absolute Gasteiger partial charge is 0.294 e. The van der Waals surface area contributed by atoms with Gasteiger partial charge >= 0.3 is 0 Å². The van der Waals surface area contributed by atoms with Crippen LogP contribution in [0.3, 0.4) is 0 Å². The second-order valence-electron chi connectivity index (χ2n) is 3.91. The van der Waals surface area contributed by atoms with E-state index in [1.165, 1.54) is 28.9 Å². The monoisotopic (exact) mass is 283 g/mol. The van der Waals surface area contributed by atoms with Crippen molar-refractivity contribution in [2.75, 3.05) is 5.73 Å². The minimum absolute atomic E-state index is 0.0801. The molecular formula is C11H13N3O4S. The summed E-state index contributed by atoms with van der Waals surface area (Å²) in [6, 6.07) is 5.33. The summed E-state index contributed by atoms with van der Waals surface area (Å²) in [4.78, 5) is -0.220. The number of anilines is 1. The third kappa shape index (κ3) is 2.40. The van der Waals surface area contributed by atoms with Crippen LogP contribution in [0.1, 0.15) is 12.6 Å². The number of aryl methyl sites for hydroxylation is 1. The van der Waals surface area contributed by atoms with E-state index in [1.807, 2.05) is 6.92 Å². The summed E-state index contributed by atoms with van der Waals surface area (Å²) in [5.74, 6) is -0.00203. The molecule has 0 unspecified atom stereocenters. The third-order valence-corrected chi connectivity index (χ3v) is 3.55. The van der Waals surface area contributed by atoms with Crippen molar-refractivity contribution < 1.29 is 18.1 Å². The number of rotatable bonds is 3. The number of hydrogen-bond donors (Lipinski definition) is 3. The molecule has 0 spiro atoms. The van der Waals surface area contributed by atoms with Crippen molar-refractivity contribution in [2.24, 2.45) is 0 Å². The zero-order chi connectivity index (χ0) is 14.2. The van der Waals surface area contributed by atoms with Gasteiger partial charge < -0.3 is 10.8 Å². The van der Waals surface area contributed by atoms with E-state index >= 15 is 0 Å². The van der Waals surface area contributed by atoms with Crippen molar-refractivity contribution in [3.63, 3.8) is 0 Å². The average molecular weight is 283 g/mol. The lowest BCUT2D eigenvalue weighted by Crippen LogP contribution is -2.03. The van der Waals surface area contributed by atoms with Crippen LogP contribution in [0.4, 0.5) is 5.82 Å². The Morgan fingerprint density at radius 2 is 1.89 bits per heavy atom. The van der Waals surface area contributed by atoms with Crippen molar-refractivity contribution in [1.82, 2.24) is 9.78 Å². The van der Waals surface area contributed by atoms with Crippen LogP contribution in [0.2, 0.25) is 0 Å². The summed E-state index contributed by atoms with van der Waals surface area (Å²) in [6.07, 6.45) is 0.520. The summed E-state index contributed by atoms with van der Waals surface area (Å²) >= 11 is 0. The molecule has 0 aliphatic carbocycles. The largest absolute Gasteiger partial charge is 0.503 e. The van der Waals surface area contributed by atoms with E-state index in [0.717, 1.165) is 0 Å². The molecule has 0 saturated heterocycles. The quantitative estimate of drug-likeness (QED) is 0.722. The van der Waals surface area contributed by atoms with Crippen LogP contribution in [0, 0.1) is 0 Å². The minimum atomic E-state index is -4.23. The van der Waals surface area contributed by atoms with Gasteiger partial charge in [-0.2, -0.15) is 13.5 Å². The van der Waals surface area contributed by atoms with E-state index in [-0.39, 0.29) is 16.5 Å². The summed E-state index contributed by atoms with van der Waals surface area (Å²) in [5.41, 5.74) is 6.66. The zero-order valence-corrected chi connectivity index (χ0v) is 10.9. The fraction of sp³-hybridized carbons (Fsp3) is 0.182. The van der Waals surface area contributed by atoms with Gasteiger partial charge in [0, 0.05) is 0 Å². The number of hydrogen-bond acceptors (Lipinski definition) is 5. The SMILES string of the molecule is CCc1nn(-c2ccc(S(=O)(=O)O)cc2)c(N)c1O. The predicted octanol–water partition coefficient (Wildman–Crippen LogP) is 0.969. The molecule has 1 heterocycles. The summed E-state index contributed by atoms with van der Waals surface area (Å²) in [6.45, 7) is 1.83. The van der Waals surface area contributed by atoms with Crippen LogP contribution < -0.4 is 5.73 Å². The second-order valence-corrected chi connectivity index (χ2v) is 5.34. The lowest BCUT2D eigenvalue weighted by atomic mass is 10.3. The van der Waals surface area contributed by atoms with Crippen LogP contribution in [0.15, 0.2) is 29.2 Å². The normalized spacial score (nSPS) is 11.7.